The molecule has 1 heterocycles. The van der Waals surface area contributed by atoms with Crippen molar-refractivity contribution >= 4 is 16.7 Å². The Morgan fingerprint density at radius 1 is 1.18 bits per heavy atom. The fourth-order valence-electron chi connectivity index (χ4n) is 2.80. The number of hydrogen-bond acceptors (Lipinski definition) is 3. The van der Waals surface area contributed by atoms with Crippen LogP contribution in [0.2, 0.25) is 0 Å². The first-order chi connectivity index (χ1) is 10.8. The van der Waals surface area contributed by atoms with E-state index in [9.17, 15) is 4.79 Å². The summed E-state index contributed by atoms with van der Waals surface area (Å²) in [7, 11) is 0. The summed E-state index contributed by atoms with van der Waals surface area (Å²) in [5.74, 6) is 0.922. The standard InChI is InChI=1S/C18H22N2O2/c21-18(17-7-3-4-10-19-17)20-11-12-22-16-9-8-14-5-1-2-6-15(14)13-16/h1-2,5-6,8-9,13,17,19H,3-4,7,10-12H2,(H,20,21). The van der Waals surface area contributed by atoms with Gasteiger partial charge < -0.3 is 15.4 Å². The first-order valence-electron chi connectivity index (χ1n) is 7.96. The van der Waals surface area contributed by atoms with Gasteiger partial charge in [0, 0.05) is 0 Å². The lowest BCUT2D eigenvalue weighted by Gasteiger charge is -2.22. The summed E-state index contributed by atoms with van der Waals surface area (Å²) >= 11 is 0. The molecule has 1 fully saturated rings. The molecule has 3 rings (SSSR count). The van der Waals surface area contributed by atoms with Crippen molar-refractivity contribution in [2.24, 2.45) is 0 Å². The Kier molecular flexibility index (Phi) is 4.91. The normalized spacial score (nSPS) is 18.1. The van der Waals surface area contributed by atoms with E-state index in [1.807, 2.05) is 24.3 Å². The molecule has 2 N–H and O–H groups in total. The van der Waals surface area contributed by atoms with Crippen molar-refractivity contribution in [3.05, 3.63) is 42.5 Å². The fraction of sp³-hybridized carbons (Fsp3) is 0.389. The predicted octanol–water partition coefficient (Wildman–Crippen LogP) is 2.48. The molecular weight excluding hydrogens is 276 g/mol. The summed E-state index contributed by atoms with van der Waals surface area (Å²) in [6.07, 6.45) is 3.21. The molecule has 1 unspecified atom stereocenters. The van der Waals surface area contributed by atoms with Gasteiger partial charge in [0.2, 0.25) is 5.91 Å². The number of fused-ring (bicyclic) bond motifs is 1. The average molecular weight is 298 g/mol. The van der Waals surface area contributed by atoms with Gasteiger partial charge in [-0.2, -0.15) is 0 Å². The van der Waals surface area contributed by atoms with Crippen LogP contribution >= 0.6 is 0 Å². The fourth-order valence-corrected chi connectivity index (χ4v) is 2.80. The number of piperidine rings is 1. The van der Waals surface area contributed by atoms with Crippen LogP contribution in [0, 0.1) is 0 Å². The lowest BCUT2D eigenvalue weighted by molar-refractivity contribution is -0.123. The Morgan fingerprint density at radius 3 is 2.86 bits per heavy atom. The first-order valence-corrected chi connectivity index (χ1v) is 7.96. The van der Waals surface area contributed by atoms with Gasteiger partial charge in [-0.1, -0.05) is 36.8 Å². The van der Waals surface area contributed by atoms with Gasteiger partial charge in [-0.3, -0.25) is 4.79 Å². The third-order valence-electron chi connectivity index (χ3n) is 4.02. The van der Waals surface area contributed by atoms with Crippen LogP contribution in [0.1, 0.15) is 19.3 Å². The molecule has 0 aromatic heterocycles. The second kappa shape index (κ2) is 7.27. The van der Waals surface area contributed by atoms with Crippen LogP contribution < -0.4 is 15.4 Å². The van der Waals surface area contributed by atoms with E-state index in [0.29, 0.717) is 13.2 Å². The van der Waals surface area contributed by atoms with Gasteiger partial charge in [-0.05, 0) is 42.3 Å². The number of amides is 1. The van der Waals surface area contributed by atoms with Gasteiger partial charge in [0.15, 0.2) is 0 Å². The lowest BCUT2D eigenvalue weighted by Crippen LogP contribution is -2.47. The Labute approximate surface area is 130 Å². The van der Waals surface area contributed by atoms with E-state index in [2.05, 4.69) is 28.8 Å². The summed E-state index contributed by atoms with van der Waals surface area (Å²) in [6.45, 7) is 1.95. The molecule has 0 saturated carbocycles. The van der Waals surface area contributed by atoms with Gasteiger partial charge in [-0.15, -0.1) is 0 Å². The predicted molar refractivity (Wildman–Crippen MR) is 88.1 cm³/mol. The number of carbonyl (C=O) groups excluding carboxylic acids is 1. The largest absolute Gasteiger partial charge is 0.492 e. The van der Waals surface area contributed by atoms with Crippen LogP contribution in [0.5, 0.6) is 5.75 Å². The van der Waals surface area contributed by atoms with Gasteiger partial charge in [0.25, 0.3) is 0 Å². The molecule has 4 heteroatoms. The van der Waals surface area contributed by atoms with E-state index >= 15 is 0 Å². The minimum atomic E-state index is -0.0329. The summed E-state index contributed by atoms with van der Waals surface area (Å²) in [5, 5.41) is 8.54. The topological polar surface area (TPSA) is 50.4 Å². The molecule has 2 aromatic carbocycles. The van der Waals surface area contributed by atoms with E-state index in [0.717, 1.165) is 36.9 Å². The van der Waals surface area contributed by atoms with Gasteiger partial charge in [0.05, 0.1) is 12.6 Å². The SMILES string of the molecule is O=C(NCCOc1ccc2ccccc2c1)C1CCCCN1. The van der Waals surface area contributed by atoms with Crippen molar-refractivity contribution in [1.82, 2.24) is 10.6 Å². The van der Waals surface area contributed by atoms with Crippen LogP contribution in [0.25, 0.3) is 10.8 Å². The zero-order valence-corrected chi connectivity index (χ0v) is 12.7. The monoisotopic (exact) mass is 298 g/mol. The molecule has 0 bridgehead atoms. The lowest BCUT2D eigenvalue weighted by atomic mass is 10.0. The van der Waals surface area contributed by atoms with Crippen molar-refractivity contribution < 1.29 is 9.53 Å². The minimum Gasteiger partial charge on any atom is -0.492 e. The van der Waals surface area contributed by atoms with E-state index in [1.54, 1.807) is 0 Å². The van der Waals surface area contributed by atoms with E-state index < -0.39 is 0 Å². The molecule has 2 aromatic rings. The van der Waals surface area contributed by atoms with Crippen LogP contribution in [0.3, 0.4) is 0 Å². The molecule has 116 valence electrons. The zero-order chi connectivity index (χ0) is 15.2. The van der Waals surface area contributed by atoms with Crippen molar-refractivity contribution in [1.29, 1.82) is 0 Å². The maximum absolute atomic E-state index is 12.0. The molecule has 4 nitrogen and oxygen atoms in total. The molecule has 0 spiro atoms. The Morgan fingerprint density at radius 2 is 2.05 bits per heavy atom. The molecule has 0 radical (unpaired) electrons. The molecule has 1 atom stereocenters. The molecular formula is C18H22N2O2. The van der Waals surface area contributed by atoms with Crippen LogP contribution in [-0.2, 0) is 4.79 Å². The highest BCUT2D eigenvalue weighted by molar-refractivity contribution is 5.83. The van der Waals surface area contributed by atoms with Crippen molar-refractivity contribution in [3.63, 3.8) is 0 Å². The van der Waals surface area contributed by atoms with E-state index in [-0.39, 0.29) is 11.9 Å². The average Bonchev–Trinajstić information content (AvgIpc) is 2.59. The highest BCUT2D eigenvalue weighted by atomic mass is 16.5. The van der Waals surface area contributed by atoms with E-state index in [1.165, 1.54) is 5.39 Å². The summed E-state index contributed by atoms with van der Waals surface area (Å²) in [6, 6.07) is 14.2. The summed E-state index contributed by atoms with van der Waals surface area (Å²) < 4.78 is 5.72. The third kappa shape index (κ3) is 3.77. The highest BCUT2D eigenvalue weighted by Gasteiger charge is 2.19. The van der Waals surface area contributed by atoms with Crippen molar-refractivity contribution in [2.75, 3.05) is 19.7 Å². The van der Waals surface area contributed by atoms with Crippen LogP contribution in [-0.4, -0.2) is 31.6 Å². The van der Waals surface area contributed by atoms with Gasteiger partial charge in [-0.25, -0.2) is 0 Å². The van der Waals surface area contributed by atoms with Crippen LogP contribution in [0.4, 0.5) is 0 Å². The van der Waals surface area contributed by atoms with Crippen molar-refractivity contribution in [3.8, 4) is 5.75 Å². The Hall–Kier alpha value is -2.07. The molecule has 0 aliphatic carbocycles. The summed E-state index contributed by atoms with van der Waals surface area (Å²) in [5.41, 5.74) is 0. The second-order valence-electron chi connectivity index (χ2n) is 5.65. The van der Waals surface area contributed by atoms with Gasteiger partial charge >= 0.3 is 0 Å². The molecule has 1 aliphatic rings. The first kappa shape index (κ1) is 14.9. The maximum Gasteiger partial charge on any atom is 0.237 e. The minimum absolute atomic E-state index is 0.0329. The molecule has 1 amide bonds. The smallest absolute Gasteiger partial charge is 0.237 e. The number of nitrogens with one attached hydrogen (secondary N) is 2. The number of ether oxygens (including phenoxy) is 1. The Bertz CT molecular complexity index is 636. The number of hydrogen-bond donors (Lipinski definition) is 2. The molecule has 1 saturated heterocycles. The summed E-state index contributed by atoms with van der Waals surface area (Å²) in [4.78, 5) is 12.0. The van der Waals surface area contributed by atoms with Crippen LogP contribution in [0.15, 0.2) is 42.5 Å². The zero-order valence-electron chi connectivity index (χ0n) is 12.7. The Balaban J connectivity index is 1.44. The third-order valence-corrected chi connectivity index (χ3v) is 4.02. The van der Waals surface area contributed by atoms with Crippen molar-refractivity contribution in [2.45, 2.75) is 25.3 Å². The number of carbonyl (C=O) groups is 1. The number of benzene rings is 2. The number of rotatable bonds is 5. The van der Waals surface area contributed by atoms with Gasteiger partial charge in [0.1, 0.15) is 12.4 Å². The van der Waals surface area contributed by atoms with E-state index in [4.69, 9.17) is 4.74 Å². The quantitative estimate of drug-likeness (QED) is 0.834. The highest BCUT2D eigenvalue weighted by Crippen LogP contribution is 2.20. The second-order valence-corrected chi connectivity index (χ2v) is 5.65. The molecule has 1 aliphatic heterocycles. The molecule has 22 heavy (non-hydrogen) atoms. The maximum atomic E-state index is 12.0.